The monoisotopic (exact) mass is 432 g/mol. The van der Waals surface area contributed by atoms with Crippen LogP contribution in [0.1, 0.15) is 41.1 Å². The van der Waals surface area contributed by atoms with Crippen molar-refractivity contribution in [1.29, 1.82) is 0 Å². The molecule has 2 N–H and O–H groups in total. The number of aryl methyl sites for hydroxylation is 1. The molecule has 0 aliphatic heterocycles. The molecule has 0 radical (unpaired) electrons. The van der Waals surface area contributed by atoms with Crippen molar-refractivity contribution in [1.82, 2.24) is 15.3 Å². The summed E-state index contributed by atoms with van der Waals surface area (Å²) in [6.45, 7) is 7.85. The molecule has 1 aromatic carbocycles. The number of nitrogens with one attached hydrogen (secondary N) is 2. The van der Waals surface area contributed by atoms with Gasteiger partial charge in [-0.1, -0.05) is 12.1 Å². The number of carbonyl (C=O) groups is 1. The number of nitrogens with zero attached hydrogens (tertiary/aromatic N) is 2. The molecule has 0 spiro atoms. The number of halogens is 1. The van der Waals surface area contributed by atoms with Gasteiger partial charge in [-0.05, 0) is 62.6 Å². The number of benzene rings is 1. The summed E-state index contributed by atoms with van der Waals surface area (Å²) in [6.07, 6.45) is 1.01. The average molecular weight is 433 g/mol. The Bertz CT molecular complexity index is 973. The van der Waals surface area contributed by atoms with Gasteiger partial charge < -0.3 is 15.4 Å². The zero-order valence-electron chi connectivity index (χ0n) is 16.8. The lowest BCUT2D eigenvalue weighted by molar-refractivity contribution is 0.0757. The molecule has 3 aromatic rings. The maximum atomic E-state index is 12.2. The molecule has 0 unspecified atom stereocenters. The van der Waals surface area contributed by atoms with Gasteiger partial charge in [0.15, 0.2) is 0 Å². The zero-order chi connectivity index (χ0) is 20.8. The van der Waals surface area contributed by atoms with Crippen LogP contribution in [0.4, 0.5) is 5.82 Å². The Labute approximate surface area is 179 Å². The molecule has 154 valence electrons. The van der Waals surface area contributed by atoms with Crippen LogP contribution in [-0.2, 0) is 11.3 Å². The predicted molar refractivity (Wildman–Crippen MR) is 119 cm³/mol. The summed E-state index contributed by atoms with van der Waals surface area (Å²) in [6, 6.07) is 9.58. The molecule has 0 saturated heterocycles. The minimum atomic E-state index is -0.0768. The second-order valence-electron chi connectivity index (χ2n) is 7.00. The van der Waals surface area contributed by atoms with Crippen molar-refractivity contribution in [3.05, 3.63) is 51.6 Å². The second-order valence-corrected chi connectivity index (χ2v) is 8.57. The van der Waals surface area contributed by atoms with Crippen molar-refractivity contribution < 1.29 is 9.53 Å². The fourth-order valence-electron chi connectivity index (χ4n) is 2.81. The molecule has 0 aliphatic rings. The lowest BCUT2D eigenvalue weighted by atomic mass is 10.1. The van der Waals surface area contributed by atoms with E-state index in [1.807, 2.05) is 45.0 Å². The van der Waals surface area contributed by atoms with Gasteiger partial charge in [-0.3, -0.25) is 4.79 Å². The number of ether oxygens (including phenoxy) is 1. The number of hydrogen-bond donors (Lipinski definition) is 2. The van der Waals surface area contributed by atoms with Gasteiger partial charge in [0, 0.05) is 30.1 Å². The van der Waals surface area contributed by atoms with Gasteiger partial charge >= 0.3 is 0 Å². The van der Waals surface area contributed by atoms with Crippen LogP contribution in [0.3, 0.4) is 0 Å². The van der Waals surface area contributed by atoms with E-state index in [9.17, 15) is 4.79 Å². The van der Waals surface area contributed by atoms with Crippen LogP contribution in [-0.4, -0.2) is 35.1 Å². The smallest absolute Gasteiger partial charge is 0.251 e. The minimum absolute atomic E-state index is 0.0768. The van der Waals surface area contributed by atoms with E-state index >= 15 is 0 Å². The first-order valence-corrected chi connectivity index (χ1v) is 10.8. The number of amides is 1. The van der Waals surface area contributed by atoms with Gasteiger partial charge in [0.25, 0.3) is 5.91 Å². The van der Waals surface area contributed by atoms with Crippen molar-refractivity contribution in [2.75, 3.05) is 18.5 Å². The Morgan fingerprint density at radius 3 is 2.72 bits per heavy atom. The van der Waals surface area contributed by atoms with Crippen molar-refractivity contribution in [2.24, 2.45) is 0 Å². The lowest BCUT2D eigenvalue weighted by Gasteiger charge is -2.09. The predicted octanol–water partition coefficient (Wildman–Crippen LogP) is 4.81. The number of thiophene rings is 1. The first-order valence-electron chi connectivity index (χ1n) is 9.58. The number of aromatic nitrogens is 2. The third-order valence-corrected chi connectivity index (χ3v) is 5.34. The maximum Gasteiger partial charge on any atom is 0.251 e. The molecule has 1 amide bonds. The van der Waals surface area contributed by atoms with Crippen LogP contribution in [0, 0.1) is 6.92 Å². The molecular weight excluding hydrogens is 408 g/mol. The molecule has 0 atom stereocenters. The number of rotatable bonds is 9. The number of fused-ring (bicyclic) bond motifs is 1. The van der Waals surface area contributed by atoms with E-state index in [0.29, 0.717) is 25.3 Å². The van der Waals surface area contributed by atoms with Crippen LogP contribution >= 0.6 is 22.9 Å². The van der Waals surface area contributed by atoms with Gasteiger partial charge in [0.1, 0.15) is 10.6 Å². The van der Waals surface area contributed by atoms with Crippen molar-refractivity contribution in [3.8, 4) is 0 Å². The minimum Gasteiger partial charge on any atom is -0.379 e. The van der Waals surface area contributed by atoms with E-state index in [2.05, 4.69) is 26.7 Å². The largest absolute Gasteiger partial charge is 0.379 e. The molecule has 0 bridgehead atoms. The highest BCUT2D eigenvalue weighted by molar-refractivity contribution is 7.18. The van der Waals surface area contributed by atoms with Crippen molar-refractivity contribution >= 4 is 44.9 Å². The fraction of sp³-hybridized carbons (Fsp3) is 0.381. The van der Waals surface area contributed by atoms with Crippen molar-refractivity contribution in [3.63, 3.8) is 0 Å². The highest BCUT2D eigenvalue weighted by Gasteiger charge is 2.10. The van der Waals surface area contributed by atoms with Gasteiger partial charge in [-0.25, -0.2) is 9.97 Å². The van der Waals surface area contributed by atoms with Gasteiger partial charge in [-0.2, -0.15) is 0 Å². The molecule has 3 rings (SSSR count). The highest BCUT2D eigenvalue weighted by Crippen LogP contribution is 2.29. The number of anilines is 1. The molecule has 2 heterocycles. The van der Waals surface area contributed by atoms with E-state index in [4.69, 9.17) is 16.3 Å². The molecule has 8 heteroatoms. The Kier molecular flexibility index (Phi) is 7.41. The lowest BCUT2D eigenvalue weighted by Crippen LogP contribution is -2.25. The molecular formula is C21H25ClN4O2S. The van der Waals surface area contributed by atoms with Crippen LogP contribution in [0.5, 0.6) is 0 Å². The molecule has 0 fully saturated rings. The van der Waals surface area contributed by atoms with Crippen LogP contribution in [0.2, 0.25) is 5.28 Å². The highest BCUT2D eigenvalue weighted by atomic mass is 35.5. The first kappa shape index (κ1) is 21.5. The van der Waals surface area contributed by atoms with Crippen LogP contribution in [0.25, 0.3) is 10.2 Å². The zero-order valence-corrected chi connectivity index (χ0v) is 18.4. The molecule has 0 saturated carbocycles. The molecule has 0 aliphatic carbocycles. The third-order valence-electron chi connectivity index (χ3n) is 4.22. The quantitative estimate of drug-likeness (QED) is 0.375. The molecule has 6 nitrogen and oxygen atoms in total. The second kappa shape index (κ2) is 10.0. The molecule has 2 aromatic heterocycles. The average Bonchev–Trinajstić information content (AvgIpc) is 3.05. The summed E-state index contributed by atoms with van der Waals surface area (Å²) in [5, 5.41) is 7.43. The van der Waals surface area contributed by atoms with Crippen molar-refractivity contribution in [2.45, 2.75) is 39.8 Å². The fourth-order valence-corrected chi connectivity index (χ4v) is 3.90. The van der Waals surface area contributed by atoms with E-state index in [1.165, 1.54) is 0 Å². The summed E-state index contributed by atoms with van der Waals surface area (Å²) < 4.78 is 5.47. The van der Waals surface area contributed by atoms with E-state index < -0.39 is 0 Å². The van der Waals surface area contributed by atoms with Gasteiger partial charge in [-0.15, -0.1) is 11.3 Å². The van der Waals surface area contributed by atoms with Crippen LogP contribution < -0.4 is 10.6 Å². The standard InChI is InChI=1S/C21H25ClN4O2S/c1-13(2)28-10-4-9-23-19(27)16-7-5-15(6-8-16)12-24-18-17-11-14(3)29-20(17)26-21(22)25-18/h5-8,11,13H,4,9-10,12H2,1-3H3,(H,23,27)(H,24,25,26). The Morgan fingerprint density at radius 2 is 2.00 bits per heavy atom. The van der Waals surface area contributed by atoms with Crippen LogP contribution in [0.15, 0.2) is 30.3 Å². The van der Waals surface area contributed by atoms with Gasteiger partial charge in [0.05, 0.1) is 11.5 Å². The SMILES string of the molecule is Cc1cc2c(NCc3ccc(C(=O)NCCCOC(C)C)cc3)nc(Cl)nc2s1. The summed E-state index contributed by atoms with van der Waals surface area (Å²) in [7, 11) is 0. The Balaban J connectivity index is 1.54. The number of carbonyl (C=O) groups excluding carboxylic acids is 1. The van der Waals surface area contributed by atoms with Gasteiger partial charge in [0.2, 0.25) is 5.28 Å². The Hall–Kier alpha value is -2.22. The Morgan fingerprint density at radius 1 is 1.24 bits per heavy atom. The van der Waals surface area contributed by atoms with E-state index in [-0.39, 0.29) is 17.3 Å². The summed E-state index contributed by atoms with van der Waals surface area (Å²) in [5.74, 6) is 0.641. The van der Waals surface area contributed by atoms with E-state index in [0.717, 1.165) is 32.9 Å². The summed E-state index contributed by atoms with van der Waals surface area (Å²) >= 11 is 7.63. The maximum absolute atomic E-state index is 12.2. The number of hydrogen-bond acceptors (Lipinski definition) is 6. The summed E-state index contributed by atoms with van der Waals surface area (Å²) in [4.78, 5) is 22.8. The first-order chi connectivity index (χ1) is 13.9. The third kappa shape index (κ3) is 6.13. The van der Waals surface area contributed by atoms with E-state index in [1.54, 1.807) is 11.3 Å². The topological polar surface area (TPSA) is 76.1 Å². The summed E-state index contributed by atoms with van der Waals surface area (Å²) in [5.41, 5.74) is 1.68. The molecule has 29 heavy (non-hydrogen) atoms. The normalized spacial score (nSPS) is 11.2.